The molecule has 2 heterocycles. The summed E-state index contributed by atoms with van der Waals surface area (Å²) >= 11 is 0.717. The Kier molecular flexibility index (Phi) is 4.71. The van der Waals surface area contributed by atoms with Gasteiger partial charge in [-0.25, -0.2) is 4.39 Å². The highest BCUT2D eigenvalue weighted by atomic mass is 32.2. The van der Waals surface area contributed by atoms with Gasteiger partial charge < -0.3 is 9.15 Å². The lowest BCUT2D eigenvalue weighted by Gasteiger charge is -2.09. The molecule has 1 saturated heterocycles. The zero-order chi connectivity index (χ0) is 18.0. The summed E-state index contributed by atoms with van der Waals surface area (Å²) < 4.78 is 23.0. The van der Waals surface area contributed by atoms with Gasteiger partial charge in [0, 0.05) is 11.6 Å². The van der Waals surface area contributed by atoms with Crippen molar-refractivity contribution < 1.29 is 27.9 Å². The van der Waals surface area contributed by atoms with Crippen LogP contribution >= 0.6 is 11.8 Å². The highest BCUT2D eigenvalue weighted by Crippen LogP contribution is 2.33. The number of nitrogens with zero attached hydrogens (tertiary/aromatic N) is 1. The molecule has 25 heavy (non-hydrogen) atoms. The molecule has 0 bridgehead atoms. The van der Waals surface area contributed by atoms with E-state index in [2.05, 4.69) is 4.74 Å². The van der Waals surface area contributed by atoms with Crippen molar-refractivity contribution in [2.24, 2.45) is 0 Å². The van der Waals surface area contributed by atoms with Crippen LogP contribution < -0.4 is 0 Å². The van der Waals surface area contributed by atoms with Gasteiger partial charge in [0.1, 0.15) is 23.9 Å². The molecule has 8 heteroatoms. The Morgan fingerprint density at radius 2 is 1.96 bits per heavy atom. The van der Waals surface area contributed by atoms with Gasteiger partial charge in [-0.1, -0.05) is 0 Å². The lowest BCUT2D eigenvalue weighted by molar-refractivity contribution is -0.143. The molecular weight excluding hydrogens is 349 g/mol. The van der Waals surface area contributed by atoms with Crippen LogP contribution in [0.25, 0.3) is 17.4 Å². The second kappa shape index (κ2) is 6.94. The van der Waals surface area contributed by atoms with E-state index in [1.54, 1.807) is 24.3 Å². The average molecular weight is 361 g/mol. The molecule has 0 N–H and O–H groups in total. The summed E-state index contributed by atoms with van der Waals surface area (Å²) in [4.78, 5) is 36.3. The predicted molar refractivity (Wildman–Crippen MR) is 88.8 cm³/mol. The maximum atomic E-state index is 13.0. The molecule has 1 aromatic heterocycles. The molecule has 6 nitrogen and oxygen atoms in total. The first kappa shape index (κ1) is 17.0. The molecule has 1 aromatic carbocycles. The average Bonchev–Trinajstić information content (AvgIpc) is 3.16. The largest absolute Gasteiger partial charge is 0.468 e. The first-order valence-corrected chi connectivity index (χ1v) is 7.97. The second-order valence-corrected chi connectivity index (χ2v) is 6.05. The van der Waals surface area contributed by atoms with E-state index in [0.717, 1.165) is 16.7 Å². The van der Waals surface area contributed by atoms with E-state index in [-0.39, 0.29) is 10.7 Å². The van der Waals surface area contributed by atoms with Crippen molar-refractivity contribution in [1.29, 1.82) is 0 Å². The van der Waals surface area contributed by atoms with Crippen LogP contribution in [0.1, 0.15) is 5.76 Å². The predicted octanol–water partition coefficient (Wildman–Crippen LogP) is 3.30. The maximum absolute atomic E-state index is 13.0. The van der Waals surface area contributed by atoms with Gasteiger partial charge in [-0.2, -0.15) is 0 Å². The van der Waals surface area contributed by atoms with Crippen molar-refractivity contribution in [3.05, 3.63) is 52.9 Å². The van der Waals surface area contributed by atoms with Crippen molar-refractivity contribution >= 4 is 35.0 Å². The number of carbonyl (C=O) groups is 3. The van der Waals surface area contributed by atoms with Crippen LogP contribution in [-0.4, -0.2) is 35.7 Å². The number of halogens is 1. The van der Waals surface area contributed by atoms with Gasteiger partial charge >= 0.3 is 5.97 Å². The maximum Gasteiger partial charge on any atom is 0.325 e. The van der Waals surface area contributed by atoms with Gasteiger partial charge in [-0.15, -0.1) is 0 Å². The summed E-state index contributed by atoms with van der Waals surface area (Å²) in [6.07, 6.45) is 1.43. The molecule has 0 spiro atoms. The van der Waals surface area contributed by atoms with E-state index in [1.807, 2.05) is 0 Å². The zero-order valence-electron chi connectivity index (χ0n) is 13.0. The number of amides is 2. The van der Waals surface area contributed by atoms with Gasteiger partial charge in [0.15, 0.2) is 0 Å². The Morgan fingerprint density at radius 1 is 1.24 bits per heavy atom. The van der Waals surface area contributed by atoms with Crippen LogP contribution in [0.3, 0.4) is 0 Å². The van der Waals surface area contributed by atoms with Crippen LogP contribution in [0.2, 0.25) is 0 Å². The van der Waals surface area contributed by atoms with Crippen molar-refractivity contribution in [3.8, 4) is 11.3 Å². The van der Waals surface area contributed by atoms with Crippen molar-refractivity contribution in [2.45, 2.75) is 0 Å². The van der Waals surface area contributed by atoms with Crippen molar-refractivity contribution in [1.82, 2.24) is 4.90 Å². The Hall–Kier alpha value is -2.87. The number of esters is 1. The number of benzene rings is 1. The summed E-state index contributed by atoms with van der Waals surface area (Å²) in [5, 5.41) is -0.549. The fraction of sp³-hybridized carbons (Fsp3) is 0.118. The quantitative estimate of drug-likeness (QED) is 0.614. The van der Waals surface area contributed by atoms with Crippen LogP contribution in [0.4, 0.5) is 9.18 Å². The van der Waals surface area contributed by atoms with E-state index in [0.29, 0.717) is 17.1 Å². The molecule has 1 aliphatic rings. The normalized spacial score (nSPS) is 15.9. The third-order valence-electron chi connectivity index (χ3n) is 3.42. The lowest BCUT2D eigenvalue weighted by atomic mass is 10.2. The molecule has 0 atom stereocenters. The minimum Gasteiger partial charge on any atom is -0.468 e. The van der Waals surface area contributed by atoms with E-state index in [1.165, 1.54) is 25.3 Å². The number of hydrogen-bond donors (Lipinski definition) is 0. The monoisotopic (exact) mass is 361 g/mol. The fourth-order valence-electron chi connectivity index (χ4n) is 2.16. The molecule has 0 radical (unpaired) electrons. The summed E-state index contributed by atoms with van der Waals surface area (Å²) in [5.74, 6) is -0.752. The van der Waals surface area contributed by atoms with Gasteiger partial charge in [0.05, 0.1) is 12.0 Å². The second-order valence-electron chi connectivity index (χ2n) is 5.05. The number of furan rings is 1. The Balaban J connectivity index is 1.79. The third-order valence-corrected chi connectivity index (χ3v) is 4.32. The number of imide groups is 1. The van der Waals surface area contributed by atoms with Gasteiger partial charge in [-0.05, 0) is 48.2 Å². The molecule has 0 unspecified atom stereocenters. The molecule has 128 valence electrons. The van der Waals surface area contributed by atoms with Crippen LogP contribution in [-0.2, 0) is 14.3 Å². The number of hydrogen-bond acceptors (Lipinski definition) is 6. The van der Waals surface area contributed by atoms with E-state index in [9.17, 15) is 18.8 Å². The third kappa shape index (κ3) is 3.63. The topological polar surface area (TPSA) is 76.8 Å². The number of thioether (sulfide) groups is 1. The summed E-state index contributed by atoms with van der Waals surface area (Å²) in [6.45, 7) is -0.433. The number of ether oxygens (including phenoxy) is 1. The summed E-state index contributed by atoms with van der Waals surface area (Å²) in [5.41, 5.74) is 0.680. The highest BCUT2D eigenvalue weighted by molar-refractivity contribution is 8.18. The molecule has 2 amide bonds. The van der Waals surface area contributed by atoms with Crippen LogP contribution in [0, 0.1) is 5.82 Å². The Morgan fingerprint density at radius 3 is 2.64 bits per heavy atom. The molecule has 0 aliphatic carbocycles. The molecule has 2 aromatic rings. The van der Waals surface area contributed by atoms with E-state index < -0.39 is 23.7 Å². The first-order valence-electron chi connectivity index (χ1n) is 7.16. The van der Waals surface area contributed by atoms with Crippen LogP contribution in [0.15, 0.2) is 45.7 Å². The van der Waals surface area contributed by atoms with Crippen molar-refractivity contribution in [3.63, 3.8) is 0 Å². The minimum absolute atomic E-state index is 0.147. The number of rotatable bonds is 4. The SMILES string of the molecule is COC(=O)CN1C(=O)S/C(=C\c2ccc(-c3ccc(F)cc3)o2)C1=O. The molecule has 3 rings (SSSR count). The standard InChI is InChI=1S/C17H12FNO5S/c1-23-15(20)9-19-16(21)14(25-17(19)22)8-12-6-7-13(24-12)10-2-4-11(18)5-3-10/h2-8H,9H2,1H3/b14-8-. The number of methoxy groups -OCH3 is 1. The molecular formula is C17H12FNO5S. The number of carbonyl (C=O) groups excluding carboxylic acids is 3. The Bertz CT molecular complexity index is 871. The van der Waals surface area contributed by atoms with Gasteiger partial charge in [-0.3, -0.25) is 19.3 Å². The summed E-state index contributed by atoms with van der Waals surface area (Å²) in [6, 6.07) is 9.08. The molecule has 0 saturated carbocycles. The first-order chi connectivity index (χ1) is 12.0. The highest BCUT2D eigenvalue weighted by Gasteiger charge is 2.36. The lowest BCUT2D eigenvalue weighted by Crippen LogP contribution is -2.34. The van der Waals surface area contributed by atoms with Crippen molar-refractivity contribution in [2.75, 3.05) is 13.7 Å². The molecule has 1 fully saturated rings. The zero-order valence-corrected chi connectivity index (χ0v) is 13.8. The van der Waals surface area contributed by atoms with E-state index >= 15 is 0 Å². The smallest absolute Gasteiger partial charge is 0.325 e. The van der Waals surface area contributed by atoms with Gasteiger partial charge in [0.25, 0.3) is 11.1 Å². The fourth-order valence-corrected chi connectivity index (χ4v) is 2.98. The van der Waals surface area contributed by atoms with Gasteiger partial charge in [0.2, 0.25) is 0 Å². The molecule has 1 aliphatic heterocycles. The minimum atomic E-state index is -0.680. The van der Waals surface area contributed by atoms with E-state index in [4.69, 9.17) is 4.42 Å². The summed E-state index contributed by atoms with van der Waals surface area (Å²) in [7, 11) is 1.18. The Labute approximate surface area is 146 Å². The van der Waals surface area contributed by atoms with Crippen LogP contribution in [0.5, 0.6) is 0 Å².